The Hall–Kier alpha value is -5.22. The van der Waals surface area contributed by atoms with E-state index in [1.165, 1.54) is 19.8 Å². The first kappa shape index (κ1) is 56.8. The number of carbonyl (C=O) groups excluding carboxylic acids is 6. The third-order valence-electron chi connectivity index (χ3n) is 9.59. The molecule has 15 nitrogen and oxygen atoms in total. The zero-order valence-corrected chi connectivity index (χ0v) is 37.9. The van der Waals surface area contributed by atoms with Crippen molar-refractivity contribution in [3.63, 3.8) is 0 Å². The maximum absolute atomic E-state index is 13.0. The van der Waals surface area contributed by atoms with Crippen LogP contribution >= 0.6 is 15.9 Å². The molecule has 4 aromatic carbocycles. The summed E-state index contributed by atoms with van der Waals surface area (Å²) in [5.41, 5.74) is 3.07. The fourth-order valence-corrected chi connectivity index (χ4v) is 4.99. The van der Waals surface area contributed by atoms with Gasteiger partial charge in [-0.05, 0) is 158 Å². The Morgan fingerprint density at radius 2 is 1.08 bits per heavy atom. The van der Waals surface area contributed by atoms with Gasteiger partial charge in [0.15, 0.2) is 0 Å². The second-order valence-electron chi connectivity index (χ2n) is 15.1. The zero-order valence-electron chi connectivity index (χ0n) is 36.3. The first-order valence-corrected chi connectivity index (χ1v) is 19.1. The Morgan fingerprint density at radius 1 is 0.629 bits per heavy atom. The highest BCUT2D eigenvalue weighted by atomic mass is 79.9. The number of benzene rings is 4. The van der Waals surface area contributed by atoms with E-state index in [1.54, 1.807) is 61.5 Å². The molecule has 4 N–H and O–H groups in total. The monoisotopic (exact) mass is 925 g/mol. The minimum atomic E-state index is -1.51. The molecule has 0 saturated carbocycles. The molecule has 2 aliphatic heterocycles. The number of phenolic OH excluding ortho intramolecular Hbond substituents is 2. The Balaban J connectivity index is 0.000000777. The largest absolute Gasteiger partial charge is 0.508 e. The van der Waals surface area contributed by atoms with Crippen LogP contribution in [-0.4, -0.2) is 83.0 Å². The van der Waals surface area contributed by atoms with Crippen LogP contribution in [0.5, 0.6) is 23.0 Å². The lowest BCUT2D eigenvalue weighted by Gasteiger charge is -2.32. The number of hydrogen-bond acceptors (Lipinski definition) is 15. The van der Waals surface area contributed by atoms with E-state index in [4.69, 9.17) is 67.3 Å². The van der Waals surface area contributed by atoms with Crippen LogP contribution in [0, 0.1) is 26.6 Å². The van der Waals surface area contributed by atoms with Crippen molar-refractivity contribution in [2.75, 3.05) is 0 Å². The van der Waals surface area contributed by atoms with Gasteiger partial charge >= 0.3 is 40.4 Å². The van der Waals surface area contributed by atoms with E-state index in [9.17, 15) is 9.50 Å². The van der Waals surface area contributed by atoms with Crippen LogP contribution in [0.1, 0.15) is 72.1 Å². The summed E-state index contributed by atoms with van der Waals surface area (Å²) in [7, 11) is -0.450. The average Bonchev–Trinajstić information content (AvgIpc) is 3.53. The molecule has 0 aliphatic carbocycles. The molecule has 0 unspecified atom stereocenters. The van der Waals surface area contributed by atoms with Gasteiger partial charge in [-0.25, -0.2) is 4.39 Å². The van der Waals surface area contributed by atoms with Crippen molar-refractivity contribution in [2.24, 2.45) is 0 Å². The van der Waals surface area contributed by atoms with Crippen LogP contribution < -0.4 is 15.7 Å². The van der Waals surface area contributed by atoms with Gasteiger partial charge < -0.3 is 43.6 Å². The topological polar surface area (TPSA) is 229 Å². The van der Waals surface area contributed by atoms with E-state index in [0.717, 1.165) is 21.1 Å². The van der Waals surface area contributed by atoms with Crippen LogP contribution in [0.4, 0.5) is 4.39 Å². The maximum Gasteiger partial charge on any atom is 0.495 e. The molecular weight excluding hydrogens is 876 g/mol. The lowest BCUT2D eigenvalue weighted by Crippen LogP contribution is -2.41. The van der Waals surface area contributed by atoms with Crippen molar-refractivity contribution in [3.8, 4) is 23.0 Å². The van der Waals surface area contributed by atoms with Gasteiger partial charge in [-0.1, -0.05) is 34.1 Å². The van der Waals surface area contributed by atoms with E-state index >= 15 is 0 Å². The van der Waals surface area contributed by atoms with Gasteiger partial charge in [-0.2, -0.15) is 28.8 Å². The quantitative estimate of drug-likeness (QED) is 0.187. The predicted octanol–water partition coefficient (Wildman–Crippen LogP) is 5.44. The summed E-state index contributed by atoms with van der Waals surface area (Å²) in [5, 5.41) is 36.5. The summed E-state index contributed by atoms with van der Waals surface area (Å²) in [5.74, 6) is 1.12. The molecule has 2 aliphatic rings. The van der Waals surface area contributed by atoms with Crippen molar-refractivity contribution >= 4 is 67.2 Å². The summed E-state index contributed by atoms with van der Waals surface area (Å²) in [6, 6.07) is 21.1. The zero-order chi connectivity index (χ0) is 48.1. The van der Waals surface area contributed by atoms with Gasteiger partial charge in [-0.15, -0.1) is 0 Å². The second-order valence-corrected chi connectivity index (χ2v) is 16.0. The highest BCUT2D eigenvalue weighted by molar-refractivity contribution is 9.10. The smallest absolute Gasteiger partial charge is 0.495 e. The Bertz CT molecular complexity index is 2070. The van der Waals surface area contributed by atoms with Crippen molar-refractivity contribution < 1.29 is 76.8 Å². The molecule has 2 saturated heterocycles. The van der Waals surface area contributed by atoms with E-state index in [1.807, 2.05) is 81.4 Å². The highest BCUT2D eigenvalue weighted by Crippen LogP contribution is 2.37. The number of phenols is 2. The Morgan fingerprint density at radius 3 is 1.45 bits per heavy atom. The molecule has 6 rings (SSSR count). The van der Waals surface area contributed by atoms with Gasteiger partial charge in [0, 0.05) is 10.5 Å². The number of rotatable bonds is 4. The predicted molar refractivity (Wildman–Crippen MR) is 228 cm³/mol. The molecule has 0 bridgehead atoms. The third kappa shape index (κ3) is 18.8. The van der Waals surface area contributed by atoms with Crippen molar-refractivity contribution in [1.82, 2.24) is 0 Å². The van der Waals surface area contributed by atoms with E-state index in [0.29, 0.717) is 28.3 Å². The van der Waals surface area contributed by atoms with Crippen molar-refractivity contribution in [1.29, 1.82) is 0 Å². The summed E-state index contributed by atoms with van der Waals surface area (Å²) in [4.78, 5) is 48.8. The molecule has 62 heavy (non-hydrogen) atoms. The SMILES string of the molecule is CC1(C)O[B]OC1(C)C.Cc1cc(O)ccc1B1OC(C)(C)C(C)(C)O1.Cc1cc(O)ccc1Br.Cc1cc(Oc2cccc(F)c2)ccc1B(O)O.O=C=O.O=C=O.O=C=O. The molecule has 0 aromatic heterocycles. The number of hydrogen-bond donors (Lipinski definition) is 4. The summed E-state index contributed by atoms with van der Waals surface area (Å²) < 4.78 is 41.8. The molecule has 0 atom stereocenters. The number of aryl methyl sites for hydroxylation is 3. The van der Waals surface area contributed by atoms with Gasteiger partial charge in [0.05, 0.1) is 22.4 Å². The van der Waals surface area contributed by atoms with Crippen molar-refractivity contribution in [3.05, 3.63) is 106 Å². The van der Waals surface area contributed by atoms with Crippen molar-refractivity contribution in [2.45, 2.75) is 98.6 Å². The summed E-state index contributed by atoms with van der Waals surface area (Å²) in [6.45, 7) is 21.8. The lowest BCUT2D eigenvalue weighted by atomic mass is 9.76. The standard InChI is InChI=1S/C13H12BFO3.C13H19BO3.C7H7BrO.C6H12BO2.3CO2/c1-9-7-12(5-6-13(9)14(16)17)18-11-4-2-3-10(15)8-11;1-9-8-10(15)6-7-11(9)14-16-12(2,3)13(4,5)17-14;1-5-4-6(9)2-3-7(5)8;1-5(2)6(3,4)9-7-8-5;3*2-1-3/h2-8,16-17H,1H3;6-8,15H,1-5H3;2-4,9H,1H3;1-4H3;;;. The molecule has 4 aromatic rings. The molecule has 331 valence electrons. The van der Waals surface area contributed by atoms with Gasteiger partial charge in [0.1, 0.15) is 28.8 Å². The third-order valence-corrected chi connectivity index (χ3v) is 10.5. The molecule has 1 radical (unpaired) electrons. The van der Waals surface area contributed by atoms with Gasteiger partial charge in [0.25, 0.3) is 0 Å². The van der Waals surface area contributed by atoms with Crippen LogP contribution in [0.25, 0.3) is 0 Å². The van der Waals surface area contributed by atoms with Crippen LogP contribution in [-0.2, 0) is 47.4 Å². The second kappa shape index (κ2) is 26.3. The summed E-state index contributed by atoms with van der Waals surface area (Å²) in [6.07, 6.45) is 0.750. The highest BCUT2D eigenvalue weighted by Gasteiger charge is 2.52. The molecular formula is C42H50B3BrFO15. The number of ether oxygens (including phenoxy) is 1. The van der Waals surface area contributed by atoms with Gasteiger partial charge in [0.2, 0.25) is 0 Å². The fourth-order valence-electron chi connectivity index (χ4n) is 4.74. The first-order valence-electron chi connectivity index (χ1n) is 18.3. The van der Waals surface area contributed by atoms with Crippen LogP contribution in [0.3, 0.4) is 0 Å². The minimum Gasteiger partial charge on any atom is -0.508 e. The Kier molecular flexibility index (Phi) is 24.1. The van der Waals surface area contributed by atoms with E-state index < -0.39 is 7.12 Å². The van der Waals surface area contributed by atoms with E-state index in [-0.39, 0.29) is 59.5 Å². The maximum atomic E-state index is 13.0. The molecule has 2 heterocycles. The molecule has 2 fully saturated rings. The summed E-state index contributed by atoms with van der Waals surface area (Å²) >= 11 is 3.32. The lowest BCUT2D eigenvalue weighted by molar-refractivity contribution is -0.193. The normalized spacial score (nSPS) is 15.0. The van der Waals surface area contributed by atoms with E-state index in [2.05, 4.69) is 15.9 Å². The molecule has 0 spiro atoms. The van der Waals surface area contributed by atoms with Crippen LogP contribution in [0.2, 0.25) is 0 Å². The Labute approximate surface area is 370 Å². The number of aromatic hydroxyl groups is 2. The minimum absolute atomic E-state index is 0.187. The molecule has 0 amide bonds. The fraction of sp³-hybridized carbons (Fsp3) is 0.357. The number of halogens is 2. The van der Waals surface area contributed by atoms with Gasteiger partial charge in [-0.3, -0.25) is 0 Å². The first-order chi connectivity index (χ1) is 28.7. The molecule has 20 heteroatoms. The average molecular weight is 926 g/mol. The van der Waals surface area contributed by atoms with Crippen LogP contribution in [0.15, 0.2) is 83.3 Å².